The molecular weight excluding hydrogens is 354 g/mol. The van der Waals surface area contributed by atoms with Gasteiger partial charge < -0.3 is 9.64 Å². The van der Waals surface area contributed by atoms with E-state index >= 15 is 0 Å². The van der Waals surface area contributed by atoms with Crippen LogP contribution in [0.15, 0.2) is 22.3 Å². The van der Waals surface area contributed by atoms with Gasteiger partial charge in [-0.15, -0.1) is 11.3 Å². The Labute approximate surface area is 156 Å². The van der Waals surface area contributed by atoms with Crippen molar-refractivity contribution in [2.75, 3.05) is 32.1 Å². The number of amides is 2. The molecule has 0 radical (unpaired) electrons. The quantitative estimate of drug-likeness (QED) is 0.834. The number of rotatable bonds is 6. The van der Waals surface area contributed by atoms with Crippen molar-refractivity contribution in [2.24, 2.45) is 0 Å². The van der Waals surface area contributed by atoms with Crippen molar-refractivity contribution in [1.29, 1.82) is 0 Å². The van der Waals surface area contributed by atoms with Gasteiger partial charge >= 0.3 is 11.7 Å². The molecule has 1 fully saturated rings. The number of anilines is 1. The van der Waals surface area contributed by atoms with Crippen molar-refractivity contribution < 1.29 is 9.53 Å². The molecule has 0 saturated carbocycles. The fourth-order valence-corrected chi connectivity index (χ4v) is 3.86. The highest BCUT2D eigenvalue weighted by molar-refractivity contribution is 7.14. The van der Waals surface area contributed by atoms with Crippen LogP contribution in [0, 0.1) is 0 Å². The van der Waals surface area contributed by atoms with E-state index in [1.54, 1.807) is 11.7 Å². The van der Waals surface area contributed by atoms with E-state index in [1.165, 1.54) is 16.0 Å². The van der Waals surface area contributed by atoms with E-state index < -0.39 is 0 Å². The van der Waals surface area contributed by atoms with E-state index in [0.717, 1.165) is 23.7 Å². The molecule has 0 unspecified atom stereocenters. The van der Waals surface area contributed by atoms with Crippen molar-refractivity contribution in [1.82, 2.24) is 19.2 Å². The Bertz CT molecular complexity index is 775. The number of hydrogen-bond donors (Lipinski definition) is 1. The van der Waals surface area contributed by atoms with Crippen molar-refractivity contribution in [3.05, 3.63) is 33.8 Å². The standard InChI is InChI=1S/C17H25N5O3S/c1-3-21-15(19-22(17(21)24)10-11-25-2)13-6-8-20(9-7-13)16(23)18-14-5-4-12-26-14/h4-5,12-13H,3,6-11H2,1-2H3,(H,18,23). The average molecular weight is 379 g/mol. The van der Waals surface area contributed by atoms with Crippen LogP contribution in [0.3, 0.4) is 0 Å². The molecule has 1 aliphatic rings. The van der Waals surface area contributed by atoms with Gasteiger partial charge in [0, 0.05) is 32.7 Å². The van der Waals surface area contributed by atoms with Crippen molar-refractivity contribution in [2.45, 2.75) is 38.8 Å². The van der Waals surface area contributed by atoms with Crippen LogP contribution in [0.4, 0.5) is 9.80 Å². The zero-order chi connectivity index (χ0) is 18.5. The summed E-state index contributed by atoms with van der Waals surface area (Å²) >= 11 is 1.51. The van der Waals surface area contributed by atoms with Crippen LogP contribution in [0.5, 0.6) is 0 Å². The third-order valence-corrected chi connectivity index (χ3v) is 5.46. The van der Waals surface area contributed by atoms with Gasteiger partial charge in [0.1, 0.15) is 5.82 Å². The highest BCUT2D eigenvalue weighted by Crippen LogP contribution is 2.27. The number of aromatic nitrogens is 3. The number of carbonyl (C=O) groups excluding carboxylic acids is 1. The normalized spacial score (nSPS) is 15.4. The number of likely N-dealkylation sites (tertiary alicyclic amines) is 1. The molecule has 2 amide bonds. The predicted molar refractivity (Wildman–Crippen MR) is 101 cm³/mol. The first kappa shape index (κ1) is 18.7. The molecule has 0 bridgehead atoms. The molecule has 1 saturated heterocycles. The molecule has 1 aliphatic heterocycles. The largest absolute Gasteiger partial charge is 0.383 e. The van der Waals surface area contributed by atoms with Crippen LogP contribution in [-0.2, 0) is 17.8 Å². The van der Waals surface area contributed by atoms with Crippen molar-refractivity contribution in [3.63, 3.8) is 0 Å². The van der Waals surface area contributed by atoms with E-state index in [2.05, 4.69) is 10.4 Å². The van der Waals surface area contributed by atoms with Crippen LogP contribution in [0.2, 0.25) is 0 Å². The SMILES string of the molecule is CCn1c(C2CCN(C(=O)Nc3cccs3)CC2)nn(CCOC)c1=O. The maximum absolute atomic E-state index is 12.5. The molecule has 0 aromatic carbocycles. The van der Waals surface area contributed by atoms with Gasteiger partial charge in [-0.2, -0.15) is 5.10 Å². The molecule has 142 valence electrons. The van der Waals surface area contributed by atoms with Crippen LogP contribution in [0.25, 0.3) is 0 Å². The number of carbonyl (C=O) groups is 1. The number of piperidine rings is 1. The smallest absolute Gasteiger partial charge is 0.345 e. The van der Waals surface area contributed by atoms with Gasteiger partial charge in [-0.1, -0.05) is 0 Å². The van der Waals surface area contributed by atoms with E-state index in [4.69, 9.17) is 4.74 Å². The minimum atomic E-state index is -0.0857. The van der Waals surface area contributed by atoms with Gasteiger partial charge in [-0.05, 0) is 37.3 Å². The molecule has 3 heterocycles. The Morgan fingerprint density at radius 2 is 2.19 bits per heavy atom. The lowest BCUT2D eigenvalue weighted by molar-refractivity contribution is 0.181. The third-order valence-electron chi connectivity index (χ3n) is 4.67. The number of nitrogens with one attached hydrogen (secondary N) is 1. The third kappa shape index (κ3) is 3.99. The first-order chi connectivity index (χ1) is 12.6. The molecule has 8 nitrogen and oxygen atoms in total. The lowest BCUT2D eigenvalue weighted by Gasteiger charge is -2.31. The minimum Gasteiger partial charge on any atom is -0.383 e. The summed E-state index contributed by atoms with van der Waals surface area (Å²) in [5.74, 6) is 1.02. The fourth-order valence-electron chi connectivity index (χ4n) is 3.26. The lowest BCUT2D eigenvalue weighted by Crippen LogP contribution is -2.41. The van der Waals surface area contributed by atoms with Crippen LogP contribution < -0.4 is 11.0 Å². The molecule has 3 rings (SSSR count). The summed E-state index contributed by atoms with van der Waals surface area (Å²) in [7, 11) is 1.61. The zero-order valence-corrected chi connectivity index (χ0v) is 16.0. The molecule has 0 aliphatic carbocycles. The Morgan fingerprint density at radius 3 is 2.81 bits per heavy atom. The molecule has 9 heteroatoms. The van der Waals surface area contributed by atoms with Crippen molar-refractivity contribution >= 4 is 22.4 Å². The monoisotopic (exact) mass is 379 g/mol. The molecule has 2 aromatic heterocycles. The number of thiophene rings is 1. The summed E-state index contributed by atoms with van der Waals surface area (Å²) in [5.41, 5.74) is -0.0857. The van der Waals surface area contributed by atoms with Gasteiger partial charge in [-0.3, -0.25) is 9.88 Å². The van der Waals surface area contributed by atoms with Crippen LogP contribution in [-0.4, -0.2) is 52.1 Å². The first-order valence-electron chi connectivity index (χ1n) is 8.90. The summed E-state index contributed by atoms with van der Waals surface area (Å²) in [4.78, 5) is 26.6. The maximum Gasteiger partial charge on any atom is 0.345 e. The van der Waals surface area contributed by atoms with Crippen LogP contribution >= 0.6 is 11.3 Å². The number of nitrogens with zero attached hydrogens (tertiary/aromatic N) is 4. The Kier molecular flexibility index (Phi) is 6.10. The fraction of sp³-hybridized carbons (Fsp3) is 0.588. The van der Waals surface area contributed by atoms with E-state index in [-0.39, 0.29) is 17.6 Å². The van der Waals surface area contributed by atoms with Crippen molar-refractivity contribution in [3.8, 4) is 0 Å². The first-order valence-corrected chi connectivity index (χ1v) is 9.78. The summed E-state index contributed by atoms with van der Waals surface area (Å²) in [5, 5.41) is 10.3. The second-order valence-electron chi connectivity index (χ2n) is 6.27. The molecule has 0 spiro atoms. The summed E-state index contributed by atoms with van der Waals surface area (Å²) < 4.78 is 8.28. The Hall–Kier alpha value is -2.13. The molecule has 2 aromatic rings. The summed E-state index contributed by atoms with van der Waals surface area (Å²) in [6, 6.07) is 3.74. The topological polar surface area (TPSA) is 81.4 Å². The van der Waals surface area contributed by atoms with E-state index in [9.17, 15) is 9.59 Å². The summed E-state index contributed by atoms with van der Waals surface area (Å²) in [6.45, 7) is 4.78. The molecular formula is C17H25N5O3S. The summed E-state index contributed by atoms with van der Waals surface area (Å²) in [6.07, 6.45) is 1.61. The highest BCUT2D eigenvalue weighted by atomic mass is 32.1. The van der Waals surface area contributed by atoms with Gasteiger partial charge in [-0.25, -0.2) is 14.3 Å². The van der Waals surface area contributed by atoms with E-state index in [0.29, 0.717) is 32.8 Å². The Morgan fingerprint density at radius 1 is 1.42 bits per heavy atom. The minimum absolute atomic E-state index is 0.0654. The van der Waals surface area contributed by atoms with Gasteiger partial charge in [0.2, 0.25) is 0 Å². The second-order valence-corrected chi connectivity index (χ2v) is 7.22. The average Bonchev–Trinajstić information content (AvgIpc) is 3.27. The number of methoxy groups -OCH3 is 1. The van der Waals surface area contributed by atoms with Gasteiger partial charge in [0.05, 0.1) is 18.2 Å². The number of urea groups is 1. The highest BCUT2D eigenvalue weighted by Gasteiger charge is 2.28. The zero-order valence-electron chi connectivity index (χ0n) is 15.2. The van der Waals surface area contributed by atoms with Gasteiger partial charge in [0.15, 0.2) is 0 Å². The molecule has 0 atom stereocenters. The number of hydrogen-bond acceptors (Lipinski definition) is 5. The maximum atomic E-state index is 12.5. The van der Waals surface area contributed by atoms with Gasteiger partial charge in [0.25, 0.3) is 0 Å². The molecule has 1 N–H and O–H groups in total. The molecule has 26 heavy (non-hydrogen) atoms. The predicted octanol–water partition coefficient (Wildman–Crippen LogP) is 2.18. The number of ether oxygens (including phenoxy) is 1. The lowest BCUT2D eigenvalue weighted by atomic mass is 9.96. The Balaban J connectivity index is 1.64. The second kappa shape index (κ2) is 8.50. The van der Waals surface area contributed by atoms with E-state index in [1.807, 2.05) is 29.3 Å². The van der Waals surface area contributed by atoms with Crippen LogP contribution in [0.1, 0.15) is 31.5 Å².